The Bertz CT molecular complexity index is 493. The van der Waals surface area contributed by atoms with E-state index in [4.69, 9.17) is 0 Å². The van der Waals surface area contributed by atoms with Gasteiger partial charge < -0.3 is 15.5 Å². The maximum Gasteiger partial charge on any atom is 0.251 e. The summed E-state index contributed by atoms with van der Waals surface area (Å²) in [5.41, 5.74) is 2.84. The number of hydrogen-bond acceptors (Lipinski definition) is 3. The van der Waals surface area contributed by atoms with Crippen LogP contribution in [0.3, 0.4) is 0 Å². The molecule has 1 atom stereocenters. The fourth-order valence-electron chi connectivity index (χ4n) is 3.06. The monoisotopic (exact) mass is 289 g/mol. The van der Waals surface area contributed by atoms with Gasteiger partial charge in [0.15, 0.2) is 0 Å². The van der Waals surface area contributed by atoms with Gasteiger partial charge in [-0.3, -0.25) is 4.79 Å². The highest BCUT2D eigenvalue weighted by Crippen LogP contribution is 2.25. The molecule has 0 radical (unpaired) electrons. The Hall–Kier alpha value is -1.55. The van der Waals surface area contributed by atoms with E-state index in [1.165, 1.54) is 25.9 Å². The highest BCUT2D eigenvalue weighted by Gasteiger charge is 2.22. The number of piperidine rings is 1. The first-order chi connectivity index (χ1) is 10.0. The molecule has 1 fully saturated rings. The number of likely N-dealkylation sites (tertiary alicyclic amines) is 1. The second kappa shape index (κ2) is 6.94. The summed E-state index contributed by atoms with van der Waals surface area (Å²) < 4.78 is 0. The van der Waals surface area contributed by atoms with Crippen molar-refractivity contribution in [3.63, 3.8) is 0 Å². The lowest BCUT2D eigenvalue weighted by molar-refractivity contribution is 0.0962. The van der Waals surface area contributed by atoms with Crippen molar-refractivity contribution in [1.29, 1.82) is 0 Å². The molecule has 116 valence electrons. The smallest absolute Gasteiger partial charge is 0.251 e. The molecule has 1 aliphatic heterocycles. The Labute approximate surface area is 127 Å². The third-order valence-electron chi connectivity index (χ3n) is 4.66. The minimum Gasteiger partial charge on any atom is -0.382 e. The van der Waals surface area contributed by atoms with Crippen molar-refractivity contribution in [2.75, 3.05) is 32.5 Å². The number of anilines is 1. The molecule has 4 heteroatoms. The van der Waals surface area contributed by atoms with Crippen LogP contribution in [0.2, 0.25) is 0 Å². The third-order valence-corrected chi connectivity index (χ3v) is 4.66. The van der Waals surface area contributed by atoms with Crippen LogP contribution in [0, 0.1) is 12.8 Å². The zero-order chi connectivity index (χ0) is 15.4. The average molecular weight is 289 g/mol. The molecule has 0 saturated carbocycles. The van der Waals surface area contributed by atoms with Gasteiger partial charge in [-0.05, 0) is 70.4 Å². The molecular weight excluding hydrogens is 262 g/mol. The van der Waals surface area contributed by atoms with Gasteiger partial charge in [0.1, 0.15) is 0 Å². The molecule has 1 amide bonds. The van der Waals surface area contributed by atoms with Gasteiger partial charge in [0, 0.05) is 24.3 Å². The van der Waals surface area contributed by atoms with E-state index in [1.807, 2.05) is 19.1 Å². The summed E-state index contributed by atoms with van der Waals surface area (Å²) in [6.07, 6.45) is 2.47. The number of carbonyl (C=O) groups excluding carboxylic acids is 1. The highest BCUT2D eigenvalue weighted by atomic mass is 16.1. The lowest BCUT2D eigenvalue weighted by Crippen LogP contribution is -2.37. The Balaban J connectivity index is 2.07. The van der Waals surface area contributed by atoms with Gasteiger partial charge >= 0.3 is 0 Å². The molecule has 0 spiro atoms. The number of benzene rings is 1. The van der Waals surface area contributed by atoms with Crippen LogP contribution in [-0.2, 0) is 0 Å². The average Bonchev–Trinajstić information content (AvgIpc) is 2.49. The fraction of sp³-hybridized carbons (Fsp3) is 0.588. The van der Waals surface area contributed by atoms with Crippen LogP contribution in [0.4, 0.5) is 5.69 Å². The number of nitrogens with one attached hydrogen (secondary N) is 2. The summed E-state index contributed by atoms with van der Waals surface area (Å²) in [7, 11) is 3.86. The topological polar surface area (TPSA) is 44.4 Å². The van der Waals surface area contributed by atoms with Gasteiger partial charge in [-0.1, -0.05) is 6.07 Å². The molecule has 1 heterocycles. The Morgan fingerprint density at radius 1 is 1.33 bits per heavy atom. The van der Waals surface area contributed by atoms with E-state index >= 15 is 0 Å². The highest BCUT2D eigenvalue weighted by molar-refractivity contribution is 5.96. The molecular formula is C17H27N3O. The SMILES string of the molecule is CNC(=O)c1cccc(NC(C)C2CCN(C)CC2)c1C. The van der Waals surface area contributed by atoms with Crippen molar-refractivity contribution in [2.45, 2.75) is 32.7 Å². The Kier molecular flexibility index (Phi) is 5.23. The largest absolute Gasteiger partial charge is 0.382 e. The first-order valence-electron chi connectivity index (χ1n) is 7.79. The van der Waals surface area contributed by atoms with Gasteiger partial charge in [0.2, 0.25) is 0 Å². The van der Waals surface area contributed by atoms with Crippen molar-refractivity contribution in [1.82, 2.24) is 10.2 Å². The van der Waals surface area contributed by atoms with Gasteiger partial charge in [-0.2, -0.15) is 0 Å². The maximum absolute atomic E-state index is 11.9. The van der Waals surface area contributed by atoms with Crippen LogP contribution in [0.25, 0.3) is 0 Å². The number of nitrogens with zero attached hydrogens (tertiary/aromatic N) is 1. The number of amides is 1. The van der Waals surface area contributed by atoms with Gasteiger partial charge in [0.05, 0.1) is 0 Å². The van der Waals surface area contributed by atoms with Crippen molar-refractivity contribution in [2.24, 2.45) is 5.92 Å². The van der Waals surface area contributed by atoms with E-state index in [2.05, 4.69) is 35.6 Å². The Morgan fingerprint density at radius 3 is 2.62 bits per heavy atom. The van der Waals surface area contributed by atoms with Gasteiger partial charge in [-0.25, -0.2) is 0 Å². The summed E-state index contributed by atoms with van der Waals surface area (Å²) >= 11 is 0. The summed E-state index contributed by atoms with van der Waals surface area (Å²) in [5.74, 6) is 0.673. The predicted molar refractivity (Wildman–Crippen MR) is 87.9 cm³/mol. The van der Waals surface area contributed by atoms with E-state index in [0.29, 0.717) is 12.0 Å². The number of carbonyl (C=O) groups is 1. The van der Waals surface area contributed by atoms with Crippen molar-refractivity contribution in [3.8, 4) is 0 Å². The van der Waals surface area contributed by atoms with Crippen molar-refractivity contribution in [3.05, 3.63) is 29.3 Å². The van der Waals surface area contributed by atoms with E-state index < -0.39 is 0 Å². The Morgan fingerprint density at radius 2 is 2.00 bits per heavy atom. The summed E-state index contributed by atoms with van der Waals surface area (Å²) in [6.45, 7) is 6.61. The predicted octanol–water partition coefficient (Wildman–Crippen LogP) is 2.50. The second-order valence-corrected chi connectivity index (χ2v) is 6.13. The lowest BCUT2D eigenvalue weighted by atomic mass is 9.90. The maximum atomic E-state index is 11.9. The molecule has 1 aliphatic rings. The molecule has 2 N–H and O–H groups in total. The van der Waals surface area contributed by atoms with Crippen LogP contribution in [0.1, 0.15) is 35.7 Å². The molecule has 1 aromatic rings. The van der Waals surface area contributed by atoms with Gasteiger partial charge in [0.25, 0.3) is 5.91 Å². The van der Waals surface area contributed by atoms with E-state index in [-0.39, 0.29) is 5.91 Å². The molecule has 0 aliphatic carbocycles. The molecule has 4 nitrogen and oxygen atoms in total. The van der Waals surface area contributed by atoms with Crippen molar-refractivity contribution < 1.29 is 4.79 Å². The zero-order valence-corrected chi connectivity index (χ0v) is 13.6. The first-order valence-corrected chi connectivity index (χ1v) is 7.79. The van der Waals surface area contributed by atoms with Crippen molar-refractivity contribution >= 4 is 11.6 Å². The first kappa shape index (κ1) is 15.8. The lowest BCUT2D eigenvalue weighted by Gasteiger charge is -2.33. The molecule has 1 unspecified atom stereocenters. The summed E-state index contributed by atoms with van der Waals surface area (Å²) in [6, 6.07) is 6.31. The zero-order valence-electron chi connectivity index (χ0n) is 13.6. The minimum atomic E-state index is -0.0249. The standard InChI is InChI=1S/C17H27N3O/c1-12-15(17(21)18-3)6-5-7-16(12)19-13(2)14-8-10-20(4)11-9-14/h5-7,13-14,19H,8-11H2,1-4H3,(H,18,21). The quantitative estimate of drug-likeness (QED) is 0.895. The third kappa shape index (κ3) is 3.76. The van der Waals surface area contributed by atoms with Crippen LogP contribution in [-0.4, -0.2) is 44.0 Å². The molecule has 21 heavy (non-hydrogen) atoms. The van der Waals surface area contributed by atoms with Crippen LogP contribution in [0.15, 0.2) is 18.2 Å². The molecule has 1 saturated heterocycles. The minimum absolute atomic E-state index is 0.0249. The van der Waals surface area contributed by atoms with Crippen LogP contribution < -0.4 is 10.6 Å². The number of hydrogen-bond donors (Lipinski definition) is 2. The summed E-state index contributed by atoms with van der Waals surface area (Å²) in [5, 5.41) is 6.31. The van der Waals surface area contributed by atoms with E-state index in [1.54, 1.807) is 7.05 Å². The van der Waals surface area contributed by atoms with Crippen LogP contribution >= 0.6 is 0 Å². The molecule has 0 bridgehead atoms. The summed E-state index contributed by atoms with van der Waals surface area (Å²) in [4.78, 5) is 14.3. The molecule has 1 aromatic carbocycles. The van der Waals surface area contributed by atoms with Gasteiger partial charge in [-0.15, -0.1) is 0 Å². The molecule has 2 rings (SSSR count). The van der Waals surface area contributed by atoms with Crippen LogP contribution in [0.5, 0.6) is 0 Å². The fourth-order valence-corrected chi connectivity index (χ4v) is 3.06. The normalized spacial score (nSPS) is 18.3. The second-order valence-electron chi connectivity index (χ2n) is 6.13. The number of rotatable bonds is 4. The van der Waals surface area contributed by atoms with E-state index in [9.17, 15) is 4.79 Å². The van der Waals surface area contributed by atoms with E-state index in [0.717, 1.165) is 16.8 Å². The molecule has 0 aromatic heterocycles.